The third-order valence-corrected chi connectivity index (χ3v) is 7.62. The van der Waals surface area contributed by atoms with Crippen LogP contribution in [0.25, 0.3) is 5.57 Å². The molecule has 33 heavy (non-hydrogen) atoms. The highest BCUT2D eigenvalue weighted by atomic mass is 32.1. The van der Waals surface area contributed by atoms with Crippen molar-refractivity contribution in [2.75, 3.05) is 18.0 Å². The predicted octanol–water partition coefficient (Wildman–Crippen LogP) is 5.55. The Bertz CT molecular complexity index is 1160. The maximum atomic E-state index is 13.7. The van der Waals surface area contributed by atoms with Crippen LogP contribution in [0.5, 0.6) is 0 Å². The van der Waals surface area contributed by atoms with Crippen molar-refractivity contribution < 1.29 is 9.59 Å². The standard InChI is InChI=1S/C28H28N2O2S/c1-2-20-10-12-23(13-11-20)30-27(31)25(24-9-6-18-33-24)26(28(30)32)29-16-14-22(15-17-29)19-21-7-4-3-5-8-21/h3-13,18,22H,2,14-17,19H2,1H3. The number of aryl methyl sites for hydroxylation is 1. The quantitative estimate of drug-likeness (QED) is 0.457. The second-order valence-corrected chi connectivity index (χ2v) is 9.73. The van der Waals surface area contributed by atoms with E-state index in [2.05, 4.69) is 42.2 Å². The van der Waals surface area contributed by atoms with E-state index in [4.69, 9.17) is 0 Å². The Morgan fingerprint density at radius 2 is 1.58 bits per heavy atom. The van der Waals surface area contributed by atoms with Crippen molar-refractivity contribution in [3.8, 4) is 0 Å². The average Bonchev–Trinajstić information content (AvgIpc) is 3.46. The fraction of sp³-hybridized carbons (Fsp3) is 0.286. The lowest BCUT2D eigenvalue weighted by Gasteiger charge is -2.34. The first-order valence-corrected chi connectivity index (χ1v) is 12.6. The van der Waals surface area contributed by atoms with Gasteiger partial charge in [0.2, 0.25) is 0 Å². The Morgan fingerprint density at radius 1 is 0.848 bits per heavy atom. The van der Waals surface area contributed by atoms with E-state index < -0.39 is 0 Å². The number of hydrogen-bond acceptors (Lipinski definition) is 4. The largest absolute Gasteiger partial charge is 0.366 e. The summed E-state index contributed by atoms with van der Waals surface area (Å²) in [6, 6.07) is 22.2. The Morgan fingerprint density at radius 3 is 2.21 bits per heavy atom. The second kappa shape index (κ2) is 9.36. The summed E-state index contributed by atoms with van der Waals surface area (Å²) < 4.78 is 0. The number of amides is 2. The molecule has 0 aliphatic carbocycles. The van der Waals surface area contributed by atoms with Gasteiger partial charge < -0.3 is 4.90 Å². The molecule has 3 aromatic rings. The Kier molecular flexibility index (Phi) is 6.14. The van der Waals surface area contributed by atoms with Crippen LogP contribution in [0, 0.1) is 5.92 Å². The van der Waals surface area contributed by atoms with Crippen molar-refractivity contribution >= 4 is 34.4 Å². The lowest BCUT2D eigenvalue weighted by molar-refractivity contribution is -0.120. The van der Waals surface area contributed by atoms with Crippen LogP contribution in [-0.4, -0.2) is 29.8 Å². The van der Waals surface area contributed by atoms with E-state index in [9.17, 15) is 9.59 Å². The number of hydrogen-bond donors (Lipinski definition) is 0. The van der Waals surface area contributed by atoms with Gasteiger partial charge in [-0.1, -0.05) is 55.5 Å². The third kappa shape index (κ3) is 4.25. The first-order valence-electron chi connectivity index (χ1n) is 11.7. The van der Waals surface area contributed by atoms with Crippen LogP contribution in [-0.2, 0) is 22.4 Å². The molecule has 0 atom stereocenters. The topological polar surface area (TPSA) is 40.6 Å². The van der Waals surface area contributed by atoms with E-state index in [1.807, 2.05) is 41.8 Å². The average molecular weight is 457 g/mol. The molecule has 1 aromatic heterocycles. The Balaban J connectivity index is 1.40. The molecule has 3 heterocycles. The molecule has 2 aliphatic rings. The monoisotopic (exact) mass is 456 g/mol. The Labute approximate surface area is 199 Å². The van der Waals surface area contributed by atoms with Gasteiger partial charge in [0.1, 0.15) is 5.70 Å². The summed E-state index contributed by atoms with van der Waals surface area (Å²) in [5.41, 5.74) is 4.31. The lowest BCUT2D eigenvalue weighted by Crippen LogP contribution is -2.39. The van der Waals surface area contributed by atoms with Gasteiger partial charge in [-0.2, -0.15) is 0 Å². The van der Waals surface area contributed by atoms with Crippen molar-refractivity contribution in [3.05, 3.63) is 93.8 Å². The van der Waals surface area contributed by atoms with E-state index in [0.29, 0.717) is 22.9 Å². The van der Waals surface area contributed by atoms with Crippen molar-refractivity contribution in [1.29, 1.82) is 0 Å². The minimum Gasteiger partial charge on any atom is -0.366 e. The molecule has 0 saturated carbocycles. The normalized spacial score (nSPS) is 17.4. The third-order valence-electron chi connectivity index (χ3n) is 6.73. The van der Waals surface area contributed by atoms with Gasteiger partial charge in [-0.25, -0.2) is 4.90 Å². The first kappa shape index (κ1) is 21.7. The molecule has 2 aromatic carbocycles. The predicted molar refractivity (Wildman–Crippen MR) is 134 cm³/mol. The summed E-state index contributed by atoms with van der Waals surface area (Å²) in [6.45, 7) is 3.68. The Hall–Kier alpha value is -3.18. The molecule has 1 fully saturated rings. The molecule has 0 spiro atoms. The van der Waals surface area contributed by atoms with Gasteiger partial charge in [0.05, 0.1) is 11.3 Å². The van der Waals surface area contributed by atoms with Crippen LogP contribution < -0.4 is 4.90 Å². The van der Waals surface area contributed by atoms with E-state index >= 15 is 0 Å². The van der Waals surface area contributed by atoms with E-state index in [-0.39, 0.29) is 11.8 Å². The number of rotatable bonds is 6. The van der Waals surface area contributed by atoms with Crippen molar-refractivity contribution in [2.45, 2.75) is 32.6 Å². The van der Waals surface area contributed by atoms with Gasteiger partial charge in [-0.3, -0.25) is 9.59 Å². The van der Waals surface area contributed by atoms with Crippen LogP contribution >= 0.6 is 11.3 Å². The SMILES string of the molecule is CCc1ccc(N2C(=O)C(c3cccs3)=C(N3CCC(Cc4ccccc4)CC3)C2=O)cc1. The molecule has 5 heteroatoms. The van der Waals surface area contributed by atoms with Gasteiger partial charge >= 0.3 is 0 Å². The maximum absolute atomic E-state index is 13.7. The number of benzene rings is 2. The van der Waals surface area contributed by atoms with Crippen molar-refractivity contribution in [3.63, 3.8) is 0 Å². The van der Waals surface area contributed by atoms with E-state index in [1.54, 1.807) is 0 Å². The van der Waals surface area contributed by atoms with Gasteiger partial charge in [0, 0.05) is 18.0 Å². The minimum absolute atomic E-state index is 0.200. The van der Waals surface area contributed by atoms with Gasteiger partial charge in [0.15, 0.2) is 0 Å². The van der Waals surface area contributed by atoms with Crippen molar-refractivity contribution in [2.24, 2.45) is 5.92 Å². The van der Waals surface area contributed by atoms with Crippen LogP contribution in [0.4, 0.5) is 5.69 Å². The zero-order valence-corrected chi connectivity index (χ0v) is 19.7. The molecule has 168 valence electrons. The summed E-state index contributed by atoms with van der Waals surface area (Å²) in [4.78, 5) is 31.6. The highest BCUT2D eigenvalue weighted by molar-refractivity contribution is 7.11. The summed E-state index contributed by atoms with van der Waals surface area (Å²) in [5.74, 6) is 0.182. The molecular weight excluding hydrogens is 428 g/mol. The van der Waals surface area contributed by atoms with Crippen LogP contribution in [0.3, 0.4) is 0 Å². The number of thiophene rings is 1. The highest BCUT2D eigenvalue weighted by Gasteiger charge is 2.43. The number of likely N-dealkylation sites (tertiary alicyclic amines) is 1. The number of anilines is 1. The molecule has 2 amide bonds. The molecule has 2 aliphatic heterocycles. The first-order chi connectivity index (χ1) is 16.2. The highest BCUT2D eigenvalue weighted by Crippen LogP contribution is 2.38. The summed E-state index contributed by atoms with van der Waals surface area (Å²) >= 11 is 1.52. The summed E-state index contributed by atoms with van der Waals surface area (Å²) in [7, 11) is 0. The molecule has 5 rings (SSSR count). The van der Waals surface area contributed by atoms with Gasteiger partial charge in [-0.05, 0) is 66.3 Å². The number of piperidine rings is 1. The number of carbonyl (C=O) groups is 2. The summed E-state index contributed by atoms with van der Waals surface area (Å²) in [6.07, 6.45) is 4.02. The van der Waals surface area contributed by atoms with Crippen molar-refractivity contribution in [1.82, 2.24) is 4.90 Å². The second-order valence-electron chi connectivity index (χ2n) is 8.79. The van der Waals surface area contributed by atoms with E-state index in [0.717, 1.165) is 43.6 Å². The number of imide groups is 1. The molecule has 0 N–H and O–H groups in total. The maximum Gasteiger partial charge on any atom is 0.282 e. The minimum atomic E-state index is -0.215. The lowest BCUT2D eigenvalue weighted by atomic mass is 9.90. The fourth-order valence-electron chi connectivity index (χ4n) is 4.88. The van der Waals surface area contributed by atoms with E-state index in [1.165, 1.54) is 27.4 Å². The molecular formula is C28H28N2O2S. The zero-order valence-electron chi connectivity index (χ0n) is 18.9. The molecule has 0 radical (unpaired) electrons. The summed E-state index contributed by atoms with van der Waals surface area (Å²) in [5, 5.41) is 1.96. The smallest absolute Gasteiger partial charge is 0.282 e. The molecule has 1 saturated heterocycles. The van der Waals surface area contributed by atoms with Crippen LogP contribution in [0.1, 0.15) is 35.8 Å². The number of carbonyl (C=O) groups excluding carboxylic acids is 2. The van der Waals surface area contributed by atoms with Gasteiger partial charge in [0.25, 0.3) is 11.8 Å². The van der Waals surface area contributed by atoms with Gasteiger partial charge in [-0.15, -0.1) is 11.3 Å². The molecule has 4 nitrogen and oxygen atoms in total. The van der Waals surface area contributed by atoms with Crippen LogP contribution in [0.15, 0.2) is 77.8 Å². The molecule has 0 bridgehead atoms. The molecule has 0 unspecified atom stereocenters. The number of nitrogens with zero attached hydrogens (tertiary/aromatic N) is 2. The van der Waals surface area contributed by atoms with Crippen LogP contribution in [0.2, 0.25) is 0 Å². The fourth-order valence-corrected chi connectivity index (χ4v) is 5.64. The zero-order chi connectivity index (χ0) is 22.8.